The van der Waals surface area contributed by atoms with Crippen molar-refractivity contribution in [2.75, 3.05) is 42.5 Å². The van der Waals surface area contributed by atoms with Crippen LogP contribution in [0.5, 0.6) is 0 Å². The molecule has 0 aliphatic carbocycles. The maximum atomic E-state index is 12.1. The van der Waals surface area contributed by atoms with Crippen molar-refractivity contribution < 1.29 is 4.79 Å². The van der Waals surface area contributed by atoms with Crippen molar-refractivity contribution in [3.05, 3.63) is 54.4 Å². The molecule has 138 valence electrons. The molecule has 5 nitrogen and oxygen atoms in total. The molecule has 1 aliphatic heterocycles. The number of para-hydroxylation sites is 1. The Hall–Kier alpha value is -2.56. The lowest BCUT2D eigenvalue weighted by molar-refractivity contribution is 0.0947. The normalized spacial score (nSPS) is 14.6. The highest BCUT2D eigenvalue weighted by Crippen LogP contribution is 2.19. The molecule has 1 amide bonds. The summed E-state index contributed by atoms with van der Waals surface area (Å²) in [5.41, 5.74) is 2.84. The van der Waals surface area contributed by atoms with Crippen LogP contribution >= 0.6 is 0 Å². The zero-order valence-electron chi connectivity index (χ0n) is 15.7. The first-order valence-corrected chi connectivity index (χ1v) is 9.42. The van der Waals surface area contributed by atoms with E-state index in [0.29, 0.717) is 18.2 Å². The Morgan fingerprint density at radius 1 is 1.00 bits per heavy atom. The maximum absolute atomic E-state index is 12.1. The van der Waals surface area contributed by atoms with Gasteiger partial charge in [0.2, 0.25) is 0 Å². The summed E-state index contributed by atoms with van der Waals surface area (Å²) in [4.78, 5) is 21.2. The van der Waals surface area contributed by atoms with Gasteiger partial charge < -0.3 is 15.1 Å². The number of hydrogen-bond acceptors (Lipinski definition) is 4. The summed E-state index contributed by atoms with van der Waals surface area (Å²) in [7, 11) is 0. The Labute approximate surface area is 156 Å². The molecule has 0 unspecified atom stereocenters. The molecule has 0 atom stereocenters. The highest BCUT2D eigenvalue weighted by Gasteiger charge is 2.18. The van der Waals surface area contributed by atoms with Gasteiger partial charge in [-0.1, -0.05) is 32.0 Å². The molecule has 0 spiro atoms. The summed E-state index contributed by atoms with van der Waals surface area (Å²) in [6.45, 7) is 8.88. The second-order valence-electron chi connectivity index (χ2n) is 7.15. The number of amides is 1. The summed E-state index contributed by atoms with van der Waals surface area (Å²) < 4.78 is 0. The van der Waals surface area contributed by atoms with Gasteiger partial charge in [0.1, 0.15) is 5.69 Å². The minimum atomic E-state index is -0.0916. The summed E-state index contributed by atoms with van der Waals surface area (Å²) in [6, 6.07) is 14.3. The number of nitrogens with one attached hydrogen (secondary N) is 1. The van der Waals surface area contributed by atoms with E-state index in [0.717, 1.165) is 38.3 Å². The van der Waals surface area contributed by atoms with E-state index in [2.05, 4.69) is 58.2 Å². The lowest BCUT2D eigenvalue weighted by Gasteiger charge is -2.37. The molecule has 1 aliphatic rings. The highest BCUT2D eigenvalue weighted by molar-refractivity contribution is 5.92. The number of anilines is 2. The van der Waals surface area contributed by atoms with Crippen molar-refractivity contribution in [1.29, 1.82) is 0 Å². The van der Waals surface area contributed by atoms with E-state index in [9.17, 15) is 4.79 Å². The molecule has 1 saturated heterocycles. The van der Waals surface area contributed by atoms with Crippen molar-refractivity contribution in [2.45, 2.75) is 20.3 Å². The third-order valence-corrected chi connectivity index (χ3v) is 4.75. The first-order valence-electron chi connectivity index (χ1n) is 9.42. The highest BCUT2D eigenvalue weighted by atomic mass is 16.1. The maximum Gasteiger partial charge on any atom is 0.269 e. The Kier molecular flexibility index (Phi) is 6.10. The van der Waals surface area contributed by atoms with E-state index in [1.807, 2.05) is 24.4 Å². The molecular weight excluding hydrogens is 324 g/mol. The van der Waals surface area contributed by atoms with Gasteiger partial charge in [0.15, 0.2) is 0 Å². The number of nitrogens with zero attached hydrogens (tertiary/aromatic N) is 3. The van der Waals surface area contributed by atoms with Gasteiger partial charge in [-0.15, -0.1) is 0 Å². The zero-order valence-corrected chi connectivity index (χ0v) is 15.7. The molecule has 1 N–H and O–H groups in total. The van der Waals surface area contributed by atoms with Crippen LogP contribution in [0.2, 0.25) is 0 Å². The number of rotatable bonds is 6. The van der Waals surface area contributed by atoms with E-state index in [1.54, 1.807) is 0 Å². The fraction of sp³-hybridized carbons (Fsp3) is 0.429. The van der Waals surface area contributed by atoms with Gasteiger partial charge in [0.25, 0.3) is 5.91 Å². The molecule has 1 fully saturated rings. The Morgan fingerprint density at radius 2 is 1.65 bits per heavy atom. The summed E-state index contributed by atoms with van der Waals surface area (Å²) in [5.74, 6) is 0.492. The first kappa shape index (κ1) is 18.2. The van der Waals surface area contributed by atoms with Gasteiger partial charge >= 0.3 is 0 Å². The Balaban J connectivity index is 1.52. The fourth-order valence-electron chi connectivity index (χ4n) is 3.13. The zero-order chi connectivity index (χ0) is 18.4. The summed E-state index contributed by atoms with van der Waals surface area (Å²) in [5, 5.41) is 2.93. The molecule has 5 heteroatoms. The predicted molar refractivity (Wildman–Crippen MR) is 107 cm³/mol. The monoisotopic (exact) mass is 352 g/mol. The second kappa shape index (κ2) is 8.70. The molecule has 0 saturated carbocycles. The van der Waals surface area contributed by atoms with E-state index in [1.165, 1.54) is 5.69 Å². The Bertz CT molecular complexity index is 692. The number of carbonyl (C=O) groups excluding carboxylic acids is 1. The smallest absolute Gasteiger partial charge is 0.269 e. The molecule has 0 bridgehead atoms. The lowest BCUT2D eigenvalue weighted by Crippen LogP contribution is -2.46. The van der Waals surface area contributed by atoms with Crippen LogP contribution in [0.4, 0.5) is 11.4 Å². The Morgan fingerprint density at radius 3 is 2.23 bits per heavy atom. The van der Waals surface area contributed by atoms with Crippen LogP contribution in [0.1, 0.15) is 30.8 Å². The molecule has 2 heterocycles. The predicted octanol–water partition coefficient (Wildman–Crippen LogP) is 3.18. The molecule has 1 aromatic carbocycles. The molecular formula is C21H28N4O. The van der Waals surface area contributed by atoms with Crippen molar-refractivity contribution in [3.8, 4) is 0 Å². The largest absolute Gasteiger partial charge is 0.368 e. The van der Waals surface area contributed by atoms with Crippen molar-refractivity contribution in [3.63, 3.8) is 0 Å². The fourth-order valence-corrected chi connectivity index (χ4v) is 3.13. The van der Waals surface area contributed by atoms with Gasteiger partial charge in [0, 0.05) is 38.4 Å². The first-order chi connectivity index (χ1) is 12.6. The lowest BCUT2D eigenvalue weighted by atomic mass is 10.1. The van der Waals surface area contributed by atoms with Gasteiger partial charge in [0.05, 0.1) is 11.9 Å². The standard InChI is InChI=1S/C21H28N4O/c1-17(2)10-11-22-21(26)20-9-8-19(16-23-20)25-14-12-24(13-15-25)18-6-4-3-5-7-18/h3-9,16-17H,10-15H2,1-2H3,(H,22,26). The number of pyridine rings is 1. The topological polar surface area (TPSA) is 48.5 Å². The number of carbonyl (C=O) groups is 1. The second-order valence-corrected chi connectivity index (χ2v) is 7.15. The van der Waals surface area contributed by atoms with E-state index >= 15 is 0 Å². The van der Waals surface area contributed by atoms with Crippen molar-refractivity contribution in [2.24, 2.45) is 5.92 Å². The molecule has 1 aromatic heterocycles. The number of piperazine rings is 1. The number of hydrogen-bond donors (Lipinski definition) is 1. The SMILES string of the molecule is CC(C)CCNC(=O)c1ccc(N2CCN(c3ccccc3)CC2)cn1. The molecule has 3 rings (SSSR count). The average molecular weight is 352 g/mol. The van der Waals surface area contributed by atoms with Crippen LogP contribution in [0.25, 0.3) is 0 Å². The quantitative estimate of drug-likeness (QED) is 0.867. The van der Waals surface area contributed by atoms with Crippen LogP contribution in [0, 0.1) is 5.92 Å². The molecule has 0 radical (unpaired) electrons. The van der Waals surface area contributed by atoms with E-state index < -0.39 is 0 Å². The van der Waals surface area contributed by atoms with Gasteiger partial charge in [-0.25, -0.2) is 4.98 Å². The van der Waals surface area contributed by atoms with Crippen molar-refractivity contribution in [1.82, 2.24) is 10.3 Å². The van der Waals surface area contributed by atoms with E-state index in [-0.39, 0.29) is 5.91 Å². The minimum absolute atomic E-state index is 0.0916. The van der Waals surface area contributed by atoms with Gasteiger partial charge in [-0.2, -0.15) is 0 Å². The van der Waals surface area contributed by atoms with Crippen LogP contribution in [-0.2, 0) is 0 Å². The van der Waals surface area contributed by atoms with Gasteiger partial charge in [-0.05, 0) is 36.6 Å². The van der Waals surface area contributed by atoms with Crippen LogP contribution in [0.3, 0.4) is 0 Å². The van der Waals surface area contributed by atoms with Crippen LogP contribution in [0.15, 0.2) is 48.7 Å². The van der Waals surface area contributed by atoms with Crippen LogP contribution < -0.4 is 15.1 Å². The average Bonchev–Trinajstić information content (AvgIpc) is 2.68. The number of aromatic nitrogens is 1. The summed E-state index contributed by atoms with van der Waals surface area (Å²) in [6.07, 6.45) is 2.80. The van der Waals surface area contributed by atoms with Crippen LogP contribution in [-0.4, -0.2) is 43.6 Å². The minimum Gasteiger partial charge on any atom is -0.368 e. The summed E-state index contributed by atoms with van der Waals surface area (Å²) >= 11 is 0. The van der Waals surface area contributed by atoms with E-state index in [4.69, 9.17) is 0 Å². The molecule has 26 heavy (non-hydrogen) atoms. The third-order valence-electron chi connectivity index (χ3n) is 4.75. The van der Waals surface area contributed by atoms with Crippen molar-refractivity contribution >= 4 is 17.3 Å². The van der Waals surface area contributed by atoms with Gasteiger partial charge in [-0.3, -0.25) is 4.79 Å². The molecule has 2 aromatic rings. The number of benzene rings is 1. The third kappa shape index (κ3) is 4.75.